The molecule has 2 aliphatic heterocycles. The molecule has 3 heterocycles. The zero-order valence-corrected chi connectivity index (χ0v) is 18.8. The van der Waals surface area contributed by atoms with Crippen LogP contribution in [0.25, 0.3) is 11.1 Å². The number of amidine groups is 1. The highest BCUT2D eigenvalue weighted by Crippen LogP contribution is 2.52. The van der Waals surface area contributed by atoms with E-state index < -0.39 is 5.54 Å². The van der Waals surface area contributed by atoms with E-state index in [1.165, 1.54) is 0 Å². The van der Waals surface area contributed by atoms with Gasteiger partial charge in [-0.15, -0.1) is 0 Å². The molecule has 0 aliphatic carbocycles. The van der Waals surface area contributed by atoms with E-state index in [4.69, 9.17) is 30.2 Å². The molecule has 0 radical (unpaired) electrons. The van der Waals surface area contributed by atoms with Gasteiger partial charge < -0.3 is 19.9 Å². The molecule has 2 N–H and O–H groups in total. The summed E-state index contributed by atoms with van der Waals surface area (Å²) in [5.41, 5.74) is 9.07. The zero-order valence-electron chi connectivity index (χ0n) is 18.8. The van der Waals surface area contributed by atoms with Gasteiger partial charge in [-0.3, -0.25) is 0 Å². The van der Waals surface area contributed by atoms with Crippen LogP contribution in [0.1, 0.15) is 37.6 Å². The molecule has 3 aromatic rings. The highest BCUT2D eigenvalue weighted by Gasteiger charge is 2.47. The Kier molecular flexibility index (Phi) is 4.75. The van der Waals surface area contributed by atoms with Crippen molar-refractivity contribution < 1.29 is 14.2 Å². The first kappa shape index (κ1) is 20.8. The molecular weight excluding hydrogens is 416 g/mol. The largest absolute Gasteiger partial charge is 0.493 e. The van der Waals surface area contributed by atoms with E-state index in [9.17, 15) is 0 Å². The van der Waals surface area contributed by atoms with Gasteiger partial charge in [0.2, 0.25) is 0 Å². The molecule has 33 heavy (non-hydrogen) atoms. The van der Waals surface area contributed by atoms with Crippen molar-refractivity contribution >= 4 is 6.02 Å². The van der Waals surface area contributed by atoms with Crippen LogP contribution in [0.15, 0.2) is 59.7 Å². The number of pyridine rings is 1. The molecule has 1 spiro atoms. The molecule has 1 aromatic heterocycles. The van der Waals surface area contributed by atoms with Crippen LogP contribution in [0, 0.1) is 16.7 Å². The molecule has 166 valence electrons. The summed E-state index contributed by atoms with van der Waals surface area (Å²) in [7, 11) is 0. The van der Waals surface area contributed by atoms with Crippen LogP contribution in [0.3, 0.4) is 0 Å². The van der Waals surface area contributed by atoms with Crippen molar-refractivity contribution in [3.63, 3.8) is 0 Å². The summed E-state index contributed by atoms with van der Waals surface area (Å²) < 4.78 is 18.0. The molecule has 2 aromatic carbocycles. The summed E-state index contributed by atoms with van der Waals surface area (Å²) in [4.78, 5) is 8.95. The molecule has 1 atom stereocenters. The van der Waals surface area contributed by atoms with Gasteiger partial charge in [-0.1, -0.05) is 26.8 Å². The van der Waals surface area contributed by atoms with Crippen molar-refractivity contribution in [1.82, 2.24) is 4.98 Å². The lowest BCUT2D eigenvalue weighted by Crippen LogP contribution is -2.31. The van der Waals surface area contributed by atoms with E-state index >= 15 is 0 Å². The van der Waals surface area contributed by atoms with E-state index in [-0.39, 0.29) is 18.0 Å². The second kappa shape index (κ2) is 7.52. The van der Waals surface area contributed by atoms with Gasteiger partial charge in [0.15, 0.2) is 5.54 Å². The van der Waals surface area contributed by atoms with Crippen molar-refractivity contribution in [3.05, 3.63) is 71.5 Å². The summed E-state index contributed by atoms with van der Waals surface area (Å²) in [5, 5.41) is 9.04. The van der Waals surface area contributed by atoms with Gasteiger partial charge in [-0.05, 0) is 53.4 Å². The molecule has 0 fully saturated rings. The fourth-order valence-electron chi connectivity index (χ4n) is 4.03. The standard InChI is InChI=1S/C26H24N4O3/c1-25(2,3)14-31-19-7-9-23-21(11-19)26(15-32-24(28)30-26)20-10-16(5-8-22(20)33-23)17-4-6-18(12-27)29-13-17/h4-11,13H,14-15H2,1-3H3,(H2,28,30)/t26-/m0/s1. The number of ether oxygens (including phenoxy) is 3. The van der Waals surface area contributed by atoms with E-state index in [1.54, 1.807) is 12.3 Å². The number of nitrogens with zero attached hydrogens (tertiary/aromatic N) is 3. The molecule has 5 rings (SSSR count). The maximum Gasteiger partial charge on any atom is 0.283 e. The first-order chi connectivity index (χ1) is 15.8. The Balaban J connectivity index is 1.61. The minimum absolute atomic E-state index is 0.0276. The van der Waals surface area contributed by atoms with Crippen molar-refractivity contribution in [2.75, 3.05) is 13.2 Å². The Bertz CT molecular complexity index is 1300. The summed E-state index contributed by atoms with van der Waals surface area (Å²) in [6.45, 7) is 7.22. The summed E-state index contributed by atoms with van der Waals surface area (Å²) in [5.74, 6) is 2.13. The average molecular weight is 441 g/mol. The van der Waals surface area contributed by atoms with Gasteiger partial charge in [0.25, 0.3) is 6.02 Å². The van der Waals surface area contributed by atoms with Crippen LogP contribution in [-0.4, -0.2) is 24.2 Å². The second-order valence-electron chi connectivity index (χ2n) is 9.46. The van der Waals surface area contributed by atoms with Gasteiger partial charge in [0, 0.05) is 22.9 Å². The second-order valence-corrected chi connectivity index (χ2v) is 9.46. The fraction of sp³-hybridized carbons (Fsp3) is 0.269. The maximum atomic E-state index is 9.04. The zero-order chi connectivity index (χ0) is 23.2. The molecule has 7 nitrogen and oxygen atoms in total. The Morgan fingerprint density at radius 1 is 1.06 bits per heavy atom. The number of nitriles is 1. The quantitative estimate of drug-likeness (QED) is 0.631. The first-order valence-corrected chi connectivity index (χ1v) is 10.7. The molecule has 0 amide bonds. The lowest BCUT2D eigenvalue weighted by atomic mass is 9.80. The summed E-state index contributed by atoms with van der Waals surface area (Å²) >= 11 is 0. The SMILES string of the molecule is CC(C)(C)COc1ccc2c(c1)[C@]1(COC(N)=N1)c1cc(-c3ccc(C#N)nc3)ccc1O2. The van der Waals surface area contributed by atoms with E-state index in [1.807, 2.05) is 48.5 Å². The summed E-state index contributed by atoms with van der Waals surface area (Å²) in [6.07, 6.45) is 1.69. The lowest BCUT2D eigenvalue weighted by Gasteiger charge is -2.34. The van der Waals surface area contributed by atoms with E-state index in [0.717, 1.165) is 28.0 Å². The van der Waals surface area contributed by atoms with Crippen LogP contribution in [0.5, 0.6) is 17.2 Å². The van der Waals surface area contributed by atoms with Crippen LogP contribution in [0.4, 0.5) is 0 Å². The monoisotopic (exact) mass is 440 g/mol. The molecule has 0 saturated carbocycles. The average Bonchev–Trinajstić information content (AvgIpc) is 3.20. The van der Waals surface area contributed by atoms with Gasteiger partial charge in [0.05, 0.1) is 6.61 Å². The number of aliphatic imine (C=N–C) groups is 1. The normalized spacial score (nSPS) is 18.4. The van der Waals surface area contributed by atoms with Crippen molar-refractivity contribution in [2.45, 2.75) is 26.3 Å². The minimum Gasteiger partial charge on any atom is -0.493 e. The number of rotatable bonds is 3. The van der Waals surface area contributed by atoms with Crippen LogP contribution in [-0.2, 0) is 10.3 Å². The molecule has 7 heteroatoms. The predicted octanol–water partition coefficient (Wildman–Crippen LogP) is 4.74. The van der Waals surface area contributed by atoms with E-state index in [0.29, 0.717) is 23.8 Å². The highest BCUT2D eigenvalue weighted by molar-refractivity contribution is 5.78. The van der Waals surface area contributed by atoms with Crippen LogP contribution in [0.2, 0.25) is 0 Å². The highest BCUT2D eigenvalue weighted by atomic mass is 16.5. The Morgan fingerprint density at radius 2 is 1.79 bits per heavy atom. The Morgan fingerprint density at radius 3 is 2.42 bits per heavy atom. The van der Waals surface area contributed by atoms with Crippen LogP contribution >= 0.6 is 0 Å². The van der Waals surface area contributed by atoms with Crippen molar-refractivity contribution in [2.24, 2.45) is 16.1 Å². The summed E-state index contributed by atoms with van der Waals surface area (Å²) in [6, 6.07) is 17.4. The number of benzene rings is 2. The van der Waals surface area contributed by atoms with Gasteiger partial charge >= 0.3 is 0 Å². The van der Waals surface area contributed by atoms with Gasteiger partial charge in [0.1, 0.15) is 35.6 Å². The lowest BCUT2D eigenvalue weighted by molar-refractivity contribution is 0.197. The molecule has 0 unspecified atom stereocenters. The number of hydrogen-bond donors (Lipinski definition) is 1. The Labute approximate surface area is 192 Å². The predicted molar refractivity (Wildman–Crippen MR) is 124 cm³/mol. The first-order valence-electron chi connectivity index (χ1n) is 10.7. The van der Waals surface area contributed by atoms with Crippen molar-refractivity contribution in [3.8, 4) is 34.4 Å². The van der Waals surface area contributed by atoms with Crippen molar-refractivity contribution in [1.29, 1.82) is 5.26 Å². The number of nitrogens with two attached hydrogens (primary N) is 1. The third kappa shape index (κ3) is 3.74. The van der Waals surface area contributed by atoms with Gasteiger partial charge in [-0.2, -0.15) is 5.26 Å². The van der Waals surface area contributed by atoms with Gasteiger partial charge in [-0.25, -0.2) is 9.98 Å². The fourth-order valence-corrected chi connectivity index (χ4v) is 4.03. The maximum absolute atomic E-state index is 9.04. The van der Waals surface area contributed by atoms with Crippen LogP contribution < -0.4 is 15.2 Å². The third-order valence-electron chi connectivity index (χ3n) is 5.65. The smallest absolute Gasteiger partial charge is 0.283 e. The molecule has 0 bridgehead atoms. The minimum atomic E-state index is -0.843. The van der Waals surface area contributed by atoms with E-state index in [2.05, 4.69) is 25.8 Å². The number of hydrogen-bond acceptors (Lipinski definition) is 7. The molecule has 0 saturated heterocycles. The number of aromatic nitrogens is 1. The number of fused-ring (bicyclic) bond motifs is 4. The molecule has 2 aliphatic rings. The molecular formula is C26H24N4O3. The Hall–Kier alpha value is -4.05. The topological polar surface area (TPSA) is 103 Å². The third-order valence-corrected chi connectivity index (χ3v) is 5.65.